The zero-order valence-corrected chi connectivity index (χ0v) is 39.9. The molecule has 2 saturated heterocycles. The number of ether oxygens (including phenoxy) is 2. The molecular formula is C50H80N4O12. The maximum atomic E-state index is 14.0. The third-order valence-corrected chi connectivity index (χ3v) is 20.7. The molecular weight excluding hydrogens is 849 g/mol. The van der Waals surface area contributed by atoms with Crippen LogP contribution in [0.4, 0.5) is 0 Å². The SMILES string of the molecule is CC[C@@H]1C[C@@]2(C(=O)O)CC[C@](C)(CO)C[C@H]2C2=CC[C@@H]3[C@@]4(C)[C@H](C[C@H]5[C@H]([C@H](CCCN)c6cnc[nH]6)NC(=O)[C@@H]5CO)[C@@H](O)[C@@H](O[C@@H]5OC[C@@H](O)[C@H](O)[C@H]5O)[C@@](C)(CO)[C@H]4CC[C@@]3(C)[C@@]21C. The first-order chi connectivity index (χ1) is 31.2. The van der Waals surface area contributed by atoms with E-state index in [1.807, 2.05) is 6.92 Å². The minimum atomic E-state index is -1.65. The Morgan fingerprint density at radius 2 is 1.74 bits per heavy atom. The molecule has 0 aromatic carbocycles. The van der Waals surface area contributed by atoms with Gasteiger partial charge in [-0.25, -0.2) is 4.98 Å². The number of nitrogens with two attached hydrogens (primary N) is 1. The summed E-state index contributed by atoms with van der Waals surface area (Å²) in [6.45, 7) is 12.4. The summed E-state index contributed by atoms with van der Waals surface area (Å²) in [5, 5.41) is 93.7. The molecule has 8 rings (SSSR count). The van der Waals surface area contributed by atoms with Crippen molar-refractivity contribution in [2.24, 2.45) is 79.6 Å². The molecule has 0 unspecified atom stereocenters. The minimum absolute atomic E-state index is 0.0130. The minimum Gasteiger partial charge on any atom is -0.481 e. The van der Waals surface area contributed by atoms with Crippen LogP contribution < -0.4 is 11.1 Å². The molecule has 0 radical (unpaired) electrons. The van der Waals surface area contributed by atoms with Crippen molar-refractivity contribution in [2.45, 2.75) is 161 Å². The van der Waals surface area contributed by atoms with Crippen molar-refractivity contribution in [3.63, 3.8) is 0 Å². The number of allylic oxidation sites excluding steroid dienone is 2. The highest BCUT2D eigenvalue weighted by Gasteiger charge is 2.75. The molecule has 5 aliphatic carbocycles. The molecule has 2 aliphatic heterocycles. The molecule has 16 nitrogen and oxygen atoms in total. The molecule has 1 amide bonds. The van der Waals surface area contributed by atoms with Gasteiger partial charge in [0.05, 0.1) is 49.7 Å². The van der Waals surface area contributed by atoms with Crippen LogP contribution in [0, 0.1) is 73.9 Å². The van der Waals surface area contributed by atoms with E-state index < -0.39 is 106 Å². The number of aliphatic hydroxyl groups is 7. The van der Waals surface area contributed by atoms with Gasteiger partial charge in [0.15, 0.2) is 6.29 Å². The van der Waals surface area contributed by atoms with Gasteiger partial charge in [-0.2, -0.15) is 0 Å². The molecule has 0 bridgehead atoms. The number of hydrogen-bond donors (Lipinski definition) is 11. The Morgan fingerprint density at radius 1 is 1.00 bits per heavy atom. The van der Waals surface area contributed by atoms with Gasteiger partial charge in [-0.15, -0.1) is 0 Å². The van der Waals surface area contributed by atoms with Crippen LogP contribution >= 0.6 is 0 Å². The number of hydrogen-bond acceptors (Lipinski definition) is 13. The molecule has 21 atom stereocenters. The predicted octanol–water partition coefficient (Wildman–Crippen LogP) is 2.83. The van der Waals surface area contributed by atoms with Crippen molar-refractivity contribution in [3.05, 3.63) is 29.9 Å². The summed E-state index contributed by atoms with van der Waals surface area (Å²) in [7, 11) is 0. The van der Waals surface area contributed by atoms with Crippen LogP contribution in [0.25, 0.3) is 0 Å². The van der Waals surface area contributed by atoms with E-state index in [1.54, 1.807) is 12.5 Å². The van der Waals surface area contributed by atoms with Crippen LogP contribution in [0.5, 0.6) is 0 Å². The standard InChI is InChI=1S/C50H80N4O12/c1-7-26-18-50(44(63)64)15-14-45(2,23-56)19-32(50)30-10-11-36-47(4,49(26,30)6)13-12-35-46(3,24-57)41(66-43-40(61)39(60)34(58)22-65-43)38(59)31(48(35,36)5)17-28-29(21-55)42(62)54-37(28)27(9-8-16-51)33-20-52-25-53-33/h10,20,25-29,31-32,34-41,43,55-61H,7-9,11-19,21-24,51H2,1-6H3,(H,52,53)(H,54,62)(H,63,64)/t26-,27-,28-,29-,31-,32+,34-,35-,36+,37+,38-,39+,40-,41-,43+,45+,46+,47-,48+,49-,50+/m1/s1. The Morgan fingerprint density at radius 3 is 2.36 bits per heavy atom. The molecule has 16 heteroatoms. The first-order valence-corrected chi connectivity index (χ1v) is 25.0. The average Bonchev–Trinajstić information content (AvgIpc) is 3.94. The number of amides is 1. The number of imidazole rings is 1. The molecule has 66 heavy (non-hydrogen) atoms. The van der Waals surface area contributed by atoms with Crippen molar-refractivity contribution in [1.29, 1.82) is 0 Å². The summed E-state index contributed by atoms with van der Waals surface area (Å²) < 4.78 is 12.5. The van der Waals surface area contributed by atoms with Crippen LogP contribution in [-0.4, -0.2) is 139 Å². The van der Waals surface area contributed by atoms with Crippen LogP contribution in [0.1, 0.15) is 124 Å². The molecule has 4 saturated carbocycles. The van der Waals surface area contributed by atoms with Gasteiger partial charge in [0.2, 0.25) is 5.91 Å². The van der Waals surface area contributed by atoms with E-state index in [1.165, 1.54) is 5.57 Å². The van der Waals surface area contributed by atoms with Gasteiger partial charge in [-0.05, 0) is 128 Å². The molecule has 3 heterocycles. The van der Waals surface area contributed by atoms with Crippen molar-refractivity contribution in [1.82, 2.24) is 15.3 Å². The molecule has 6 fully saturated rings. The van der Waals surface area contributed by atoms with Crippen LogP contribution in [0.2, 0.25) is 0 Å². The summed E-state index contributed by atoms with van der Waals surface area (Å²) in [6, 6.07) is -0.467. The van der Waals surface area contributed by atoms with Crippen molar-refractivity contribution in [3.8, 4) is 0 Å². The first kappa shape index (κ1) is 49.9. The molecule has 7 aliphatic rings. The second-order valence-corrected chi connectivity index (χ2v) is 23.4. The van der Waals surface area contributed by atoms with Crippen molar-refractivity contribution >= 4 is 11.9 Å². The molecule has 12 N–H and O–H groups in total. The number of nitrogens with zero attached hydrogens (tertiary/aromatic N) is 1. The molecule has 0 spiro atoms. The van der Waals surface area contributed by atoms with Crippen molar-refractivity contribution < 1.29 is 59.9 Å². The van der Waals surface area contributed by atoms with E-state index in [9.17, 15) is 50.4 Å². The number of carboxylic acid groups (broad SMARTS) is 1. The lowest BCUT2D eigenvalue weighted by atomic mass is 9.30. The van der Waals surface area contributed by atoms with E-state index in [0.717, 1.165) is 18.5 Å². The topological polar surface area (TPSA) is 281 Å². The number of rotatable bonds is 14. The van der Waals surface area contributed by atoms with Gasteiger partial charge in [-0.1, -0.05) is 59.6 Å². The van der Waals surface area contributed by atoms with Crippen LogP contribution in [-0.2, 0) is 19.1 Å². The summed E-state index contributed by atoms with van der Waals surface area (Å²) in [6.07, 6.45) is 3.76. The number of carbonyl (C=O) groups is 2. The Kier molecular flexibility index (Phi) is 13.6. The van der Waals surface area contributed by atoms with Gasteiger partial charge >= 0.3 is 5.97 Å². The van der Waals surface area contributed by atoms with Crippen molar-refractivity contribution in [2.75, 3.05) is 33.0 Å². The fraction of sp³-hybridized carbons (Fsp3) is 0.860. The fourth-order valence-corrected chi connectivity index (χ4v) is 16.8. The largest absolute Gasteiger partial charge is 0.481 e. The first-order valence-electron chi connectivity index (χ1n) is 25.0. The fourth-order valence-electron chi connectivity index (χ4n) is 16.8. The summed E-state index contributed by atoms with van der Waals surface area (Å²) in [5.41, 5.74) is 3.90. The summed E-state index contributed by atoms with van der Waals surface area (Å²) in [4.78, 5) is 35.3. The molecule has 1 aromatic rings. The average molecular weight is 929 g/mol. The Labute approximate surface area is 389 Å². The predicted molar refractivity (Wildman–Crippen MR) is 242 cm³/mol. The van der Waals surface area contributed by atoms with E-state index in [4.69, 9.17) is 15.2 Å². The lowest BCUT2D eigenvalue weighted by molar-refractivity contribution is -0.341. The second kappa shape index (κ2) is 18.0. The number of carboxylic acids is 1. The highest BCUT2D eigenvalue weighted by Crippen LogP contribution is 2.78. The maximum Gasteiger partial charge on any atom is 0.310 e. The Hall–Kier alpha value is -2.51. The quantitative estimate of drug-likeness (QED) is 0.0946. The molecule has 372 valence electrons. The zero-order valence-electron chi connectivity index (χ0n) is 39.9. The highest BCUT2D eigenvalue weighted by atomic mass is 16.7. The number of aliphatic carboxylic acids is 1. The van der Waals surface area contributed by atoms with Gasteiger partial charge in [0.1, 0.15) is 18.3 Å². The third kappa shape index (κ3) is 7.22. The third-order valence-electron chi connectivity index (χ3n) is 20.7. The van der Waals surface area contributed by atoms with Gasteiger partial charge in [0.25, 0.3) is 0 Å². The van der Waals surface area contributed by atoms with E-state index >= 15 is 0 Å². The lowest BCUT2D eigenvalue weighted by Gasteiger charge is -2.74. The normalized spacial score (nSPS) is 49.4. The Balaban J connectivity index is 1.29. The maximum absolute atomic E-state index is 14.0. The number of aliphatic hydroxyl groups excluding tert-OH is 7. The van der Waals surface area contributed by atoms with Gasteiger partial charge < -0.3 is 66.4 Å². The summed E-state index contributed by atoms with van der Waals surface area (Å²) >= 11 is 0. The van der Waals surface area contributed by atoms with Gasteiger partial charge in [-0.3, -0.25) is 9.59 Å². The van der Waals surface area contributed by atoms with E-state index in [-0.39, 0.29) is 61.7 Å². The number of fused-ring (bicyclic) bond motifs is 7. The van der Waals surface area contributed by atoms with E-state index in [0.29, 0.717) is 57.9 Å². The van der Waals surface area contributed by atoms with Crippen LogP contribution in [0.3, 0.4) is 0 Å². The Bertz CT molecular complexity index is 1960. The second-order valence-electron chi connectivity index (χ2n) is 23.4. The van der Waals surface area contributed by atoms with Gasteiger partial charge in [0, 0.05) is 35.9 Å². The number of carbonyl (C=O) groups excluding carboxylic acids is 1. The monoisotopic (exact) mass is 929 g/mol. The van der Waals surface area contributed by atoms with Crippen LogP contribution in [0.15, 0.2) is 24.2 Å². The smallest absolute Gasteiger partial charge is 0.310 e. The number of nitrogens with one attached hydrogen (secondary N) is 2. The number of H-pyrrole nitrogens is 1. The zero-order chi connectivity index (χ0) is 47.9. The number of aromatic nitrogens is 2. The van der Waals surface area contributed by atoms with E-state index in [2.05, 4.69) is 56.0 Å². The lowest BCUT2D eigenvalue weighted by Crippen LogP contribution is -2.73. The summed E-state index contributed by atoms with van der Waals surface area (Å²) in [5.74, 6) is -3.86. The number of aromatic amines is 1. The highest BCUT2D eigenvalue weighted by molar-refractivity contribution is 5.82. The molecule has 1 aromatic heterocycles.